The maximum atomic E-state index is 12.4. The predicted molar refractivity (Wildman–Crippen MR) is 96.5 cm³/mol. The zero-order valence-corrected chi connectivity index (χ0v) is 14.3. The fourth-order valence-electron chi connectivity index (χ4n) is 2.63. The van der Waals surface area contributed by atoms with Crippen LogP contribution in [-0.2, 0) is 10.1 Å². The van der Waals surface area contributed by atoms with Crippen LogP contribution in [0.4, 0.5) is 11.4 Å². The summed E-state index contributed by atoms with van der Waals surface area (Å²) in [5.41, 5.74) is -0.0759. The smallest absolute Gasteiger partial charge is 0.295 e. The van der Waals surface area contributed by atoms with Crippen LogP contribution in [-0.4, -0.2) is 28.9 Å². The molecular weight excluding hydrogens is 376 g/mol. The molecule has 0 fully saturated rings. The van der Waals surface area contributed by atoms with Crippen LogP contribution in [0.15, 0.2) is 59.5 Å². The monoisotopic (exact) mass is 388 g/mol. The van der Waals surface area contributed by atoms with Crippen molar-refractivity contribution in [2.75, 3.05) is 5.32 Å². The number of fused-ring (bicyclic) bond motifs is 1. The van der Waals surface area contributed by atoms with Gasteiger partial charge >= 0.3 is 0 Å². The molecule has 3 rings (SSSR count). The number of hydrogen-bond donors (Lipinski definition) is 3. The number of amides is 1. The van der Waals surface area contributed by atoms with E-state index < -0.39 is 31.6 Å². The first-order valence-corrected chi connectivity index (χ1v) is 8.90. The zero-order chi connectivity index (χ0) is 19.8. The maximum Gasteiger partial charge on any atom is 0.295 e. The molecule has 0 aliphatic carbocycles. The van der Waals surface area contributed by atoms with Crippen molar-refractivity contribution in [3.8, 4) is 5.75 Å². The fraction of sp³-hybridized carbons (Fsp3) is 0. The van der Waals surface area contributed by atoms with Crippen LogP contribution in [0.1, 0.15) is 10.4 Å². The fourth-order valence-corrected chi connectivity index (χ4v) is 3.36. The normalized spacial score (nSPS) is 11.3. The number of carbonyl (C=O) groups is 1. The van der Waals surface area contributed by atoms with Crippen molar-refractivity contribution in [3.63, 3.8) is 0 Å². The van der Waals surface area contributed by atoms with E-state index in [4.69, 9.17) is 0 Å². The van der Waals surface area contributed by atoms with Crippen molar-refractivity contribution in [2.24, 2.45) is 0 Å². The van der Waals surface area contributed by atoms with Crippen LogP contribution in [0, 0.1) is 10.1 Å². The Labute approximate surface area is 152 Å². The van der Waals surface area contributed by atoms with Gasteiger partial charge in [0, 0.05) is 34.2 Å². The van der Waals surface area contributed by atoms with Gasteiger partial charge in [-0.25, -0.2) is 0 Å². The molecular formula is C17H12N2O7S. The van der Waals surface area contributed by atoms with Gasteiger partial charge in [-0.15, -0.1) is 0 Å². The van der Waals surface area contributed by atoms with Crippen LogP contribution in [0.2, 0.25) is 0 Å². The largest absolute Gasteiger partial charge is 0.507 e. The molecule has 0 aliphatic heterocycles. The van der Waals surface area contributed by atoms with Gasteiger partial charge in [-0.3, -0.25) is 19.5 Å². The van der Waals surface area contributed by atoms with E-state index in [2.05, 4.69) is 5.32 Å². The van der Waals surface area contributed by atoms with Crippen molar-refractivity contribution in [3.05, 3.63) is 70.3 Å². The quantitative estimate of drug-likeness (QED) is 0.269. The molecule has 3 aromatic rings. The first-order chi connectivity index (χ1) is 12.7. The average Bonchev–Trinajstić information content (AvgIpc) is 2.63. The molecule has 3 N–H and O–H groups in total. The minimum absolute atomic E-state index is 0.0244. The number of nitrogens with zero attached hydrogens (tertiary/aromatic N) is 1. The SMILES string of the molecule is O=C(Nc1ccc(O)c2c(S(=O)(=O)O)cccc12)c1cccc([N+](=O)[O-])c1. The second kappa shape index (κ2) is 6.67. The summed E-state index contributed by atoms with van der Waals surface area (Å²) in [6, 6.07) is 11.5. The number of phenolic OH excluding ortho intramolecular Hbond substituents is 1. The molecule has 0 heterocycles. The predicted octanol–water partition coefficient (Wildman–Crippen LogP) is 2.95. The molecule has 0 unspecified atom stereocenters. The molecule has 0 bridgehead atoms. The molecule has 1 amide bonds. The second-order valence-electron chi connectivity index (χ2n) is 5.55. The Morgan fingerprint density at radius 2 is 1.78 bits per heavy atom. The van der Waals surface area contributed by atoms with Gasteiger partial charge in [-0.2, -0.15) is 8.42 Å². The van der Waals surface area contributed by atoms with Crippen molar-refractivity contribution >= 4 is 38.2 Å². The summed E-state index contributed by atoms with van der Waals surface area (Å²) >= 11 is 0. The highest BCUT2D eigenvalue weighted by Gasteiger charge is 2.19. The molecule has 0 saturated carbocycles. The Hall–Kier alpha value is -3.50. The molecule has 27 heavy (non-hydrogen) atoms. The minimum Gasteiger partial charge on any atom is -0.507 e. The van der Waals surface area contributed by atoms with Crippen molar-refractivity contribution in [2.45, 2.75) is 4.90 Å². The summed E-state index contributed by atoms with van der Waals surface area (Å²) < 4.78 is 32.5. The summed E-state index contributed by atoms with van der Waals surface area (Å²) in [7, 11) is -4.61. The van der Waals surface area contributed by atoms with E-state index in [0.717, 1.165) is 12.1 Å². The molecule has 3 aromatic carbocycles. The topological polar surface area (TPSA) is 147 Å². The first kappa shape index (κ1) is 18.3. The maximum absolute atomic E-state index is 12.4. The Balaban J connectivity index is 2.08. The van der Waals surface area contributed by atoms with Crippen molar-refractivity contribution in [1.82, 2.24) is 0 Å². The van der Waals surface area contributed by atoms with Gasteiger partial charge in [-0.1, -0.05) is 18.2 Å². The third kappa shape index (κ3) is 3.57. The standard InChI is InChI=1S/C17H12N2O7S/c20-14-8-7-13(12-5-2-6-15(16(12)14)27(24,25)26)18-17(21)10-3-1-4-11(9-10)19(22)23/h1-9,20H,(H,18,21)(H,24,25,26). The summed E-state index contributed by atoms with van der Waals surface area (Å²) in [6.07, 6.45) is 0. The van der Waals surface area contributed by atoms with E-state index in [0.29, 0.717) is 0 Å². The minimum atomic E-state index is -4.61. The third-order valence-corrected chi connectivity index (χ3v) is 4.72. The molecule has 10 heteroatoms. The zero-order valence-electron chi connectivity index (χ0n) is 13.5. The number of aromatic hydroxyl groups is 1. The van der Waals surface area contributed by atoms with Gasteiger partial charge in [0.2, 0.25) is 0 Å². The lowest BCUT2D eigenvalue weighted by Gasteiger charge is -2.12. The molecule has 0 saturated heterocycles. The van der Waals surface area contributed by atoms with E-state index in [-0.39, 0.29) is 27.7 Å². The highest BCUT2D eigenvalue weighted by Crippen LogP contribution is 2.35. The first-order valence-electron chi connectivity index (χ1n) is 7.46. The summed E-state index contributed by atoms with van der Waals surface area (Å²) in [5.74, 6) is -1.06. The number of non-ortho nitro benzene ring substituents is 1. The van der Waals surface area contributed by atoms with Crippen LogP contribution in [0.25, 0.3) is 10.8 Å². The molecule has 9 nitrogen and oxygen atoms in total. The molecule has 0 radical (unpaired) electrons. The summed E-state index contributed by atoms with van der Waals surface area (Å²) in [6.45, 7) is 0. The number of phenols is 1. The highest BCUT2D eigenvalue weighted by molar-refractivity contribution is 7.86. The van der Waals surface area contributed by atoms with Crippen LogP contribution < -0.4 is 5.32 Å². The second-order valence-corrected chi connectivity index (χ2v) is 6.94. The van der Waals surface area contributed by atoms with E-state index in [1.807, 2.05) is 0 Å². The molecule has 0 spiro atoms. The highest BCUT2D eigenvalue weighted by atomic mass is 32.2. The van der Waals surface area contributed by atoms with Gasteiger partial charge in [0.05, 0.1) is 4.92 Å². The van der Waals surface area contributed by atoms with Crippen molar-refractivity contribution in [1.29, 1.82) is 0 Å². The Morgan fingerprint density at radius 3 is 2.44 bits per heavy atom. The van der Waals surface area contributed by atoms with Gasteiger partial charge in [-0.05, 0) is 24.3 Å². The third-order valence-electron chi connectivity index (χ3n) is 3.83. The van der Waals surface area contributed by atoms with E-state index in [1.165, 1.54) is 42.5 Å². The van der Waals surface area contributed by atoms with Crippen LogP contribution >= 0.6 is 0 Å². The number of nitrogens with one attached hydrogen (secondary N) is 1. The van der Waals surface area contributed by atoms with E-state index in [1.54, 1.807) is 0 Å². The molecule has 0 aromatic heterocycles. The van der Waals surface area contributed by atoms with E-state index in [9.17, 15) is 33.0 Å². The lowest BCUT2D eigenvalue weighted by molar-refractivity contribution is -0.384. The number of carbonyl (C=O) groups excluding carboxylic acids is 1. The Morgan fingerprint density at radius 1 is 1.07 bits per heavy atom. The number of anilines is 1. The van der Waals surface area contributed by atoms with E-state index >= 15 is 0 Å². The number of benzene rings is 3. The van der Waals surface area contributed by atoms with Crippen LogP contribution in [0.3, 0.4) is 0 Å². The summed E-state index contributed by atoms with van der Waals surface area (Å²) in [5, 5.41) is 23.4. The number of nitro groups is 1. The van der Waals surface area contributed by atoms with Gasteiger partial charge in [0.25, 0.3) is 21.7 Å². The van der Waals surface area contributed by atoms with Gasteiger partial charge in [0.15, 0.2) is 0 Å². The van der Waals surface area contributed by atoms with Gasteiger partial charge < -0.3 is 10.4 Å². The molecule has 138 valence electrons. The lowest BCUT2D eigenvalue weighted by Crippen LogP contribution is -2.12. The number of hydrogen-bond acceptors (Lipinski definition) is 6. The molecule has 0 atom stereocenters. The molecule has 0 aliphatic rings. The van der Waals surface area contributed by atoms with Crippen LogP contribution in [0.5, 0.6) is 5.75 Å². The lowest BCUT2D eigenvalue weighted by atomic mass is 10.1. The summed E-state index contributed by atoms with van der Waals surface area (Å²) in [4.78, 5) is 22.1. The average molecular weight is 388 g/mol. The Kier molecular flexibility index (Phi) is 4.52. The van der Waals surface area contributed by atoms with Crippen molar-refractivity contribution < 1.29 is 27.8 Å². The Bertz CT molecular complexity index is 1190. The number of nitro benzene ring substituents is 1. The number of rotatable bonds is 4. The van der Waals surface area contributed by atoms with Gasteiger partial charge in [0.1, 0.15) is 10.6 Å².